The van der Waals surface area contributed by atoms with Crippen LogP contribution in [0.2, 0.25) is 5.02 Å². The summed E-state index contributed by atoms with van der Waals surface area (Å²) in [6.07, 6.45) is 2.24. The van der Waals surface area contributed by atoms with Gasteiger partial charge in [-0.3, -0.25) is 9.52 Å². The number of nitrogens with one attached hydrogen (secondary N) is 2. The van der Waals surface area contributed by atoms with E-state index in [9.17, 15) is 39.9 Å². The Bertz CT molecular complexity index is 3180. The summed E-state index contributed by atoms with van der Waals surface area (Å²) in [6, 6.07) is 34.2. The number of benzene rings is 5. The minimum Gasteiger partial charge on any atom is -0.393 e. The highest BCUT2D eigenvalue weighted by atomic mass is 35.5. The molecule has 3 aliphatic heterocycles. The van der Waals surface area contributed by atoms with Gasteiger partial charge in [0.05, 0.1) is 27.9 Å². The molecule has 0 radical (unpaired) electrons. The molecule has 0 bridgehead atoms. The van der Waals surface area contributed by atoms with Gasteiger partial charge in [0.25, 0.3) is 25.8 Å². The third-order valence-corrected chi connectivity index (χ3v) is 18.5. The lowest BCUT2D eigenvalue weighted by Gasteiger charge is -2.37. The first-order valence-corrected chi connectivity index (χ1v) is 29.0. The SMILES string of the molecule is Cc1c(C(=O)N2CCC2)c(-c2cccc(N3CCN(c4ccc(NS(=O)(=O)c5ccc(NC(CCN6CCC(O)CC6)CSc6ccccc6)c(S(=O)(=O)C(F)(F)F)c5)cc4)CC3)c2)c(-c2ccc(Cl)cc2)n1C. The molecule has 4 heterocycles. The number of thioether (sulfide) groups is 1. The predicted molar refractivity (Wildman–Crippen MR) is 289 cm³/mol. The Kier molecular flexibility index (Phi) is 16.0. The first-order valence-electron chi connectivity index (χ1n) is 24.6. The smallest absolute Gasteiger partial charge is 0.393 e. The van der Waals surface area contributed by atoms with Gasteiger partial charge in [0.1, 0.15) is 4.90 Å². The number of nitrogens with zero attached hydrogens (tertiary/aromatic N) is 5. The maximum atomic E-state index is 14.3. The Morgan fingerprint density at radius 3 is 2.08 bits per heavy atom. The number of likely N-dealkylation sites (tertiary alicyclic amines) is 2. The minimum atomic E-state index is -6.02. The first kappa shape index (κ1) is 53.1. The van der Waals surface area contributed by atoms with E-state index < -0.39 is 41.2 Å². The number of piperidine rings is 1. The number of hydrogen-bond donors (Lipinski definition) is 3. The fourth-order valence-electron chi connectivity index (χ4n) is 9.75. The van der Waals surface area contributed by atoms with Gasteiger partial charge in [-0.2, -0.15) is 13.2 Å². The van der Waals surface area contributed by atoms with Crippen LogP contribution in [-0.2, 0) is 26.9 Å². The van der Waals surface area contributed by atoms with Gasteiger partial charge in [-0.05, 0) is 123 Å². The Morgan fingerprint density at radius 1 is 0.784 bits per heavy atom. The van der Waals surface area contributed by atoms with Crippen molar-refractivity contribution in [3.63, 3.8) is 0 Å². The molecule has 0 saturated carbocycles. The summed E-state index contributed by atoms with van der Waals surface area (Å²) in [5.41, 5.74) is 1.15. The molecule has 1 aromatic heterocycles. The fourth-order valence-corrected chi connectivity index (χ4v) is 13.0. The zero-order chi connectivity index (χ0) is 52.4. The number of sulfone groups is 1. The van der Waals surface area contributed by atoms with E-state index in [0.717, 1.165) is 76.0 Å². The van der Waals surface area contributed by atoms with E-state index in [-0.39, 0.29) is 23.4 Å². The molecule has 0 spiro atoms. The van der Waals surface area contributed by atoms with Gasteiger partial charge in [-0.15, -0.1) is 11.8 Å². The third kappa shape index (κ3) is 11.7. The highest BCUT2D eigenvalue weighted by Gasteiger charge is 2.48. The molecule has 1 atom stereocenters. The van der Waals surface area contributed by atoms with Gasteiger partial charge >= 0.3 is 5.51 Å². The van der Waals surface area contributed by atoms with Crippen LogP contribution in [0, 0.1) is 6.92 Å². The highest BCUT2D eigenvalue weighted by Crippen LogP contribution is 2.42. The number of aliphatic hydroxyl groups excluding tert-OH is 1. The van der Waals surface area contributed by atoms with Crippen LogP contribution in [0.15, 0.2) is 136 Å². The molecule has 1 amide bonds. The molecule has 5 aromatic carbocycles. The fraction of sp³-hybridized carbons (Fsp3) is 0.352. The maximum absolute atomic E-state index is 14.3. The number of hydrogen-bond acceptors (Lipinski definition) is 11. The van der Waals surface area contributed by atoms with Gasteiger partial charge in [0.15, 0.2) is 0 Å². The molecule has 0 aliphatic carbocycles. The van der Waals surface area contributed by atoms with Crippen molar-refractivity contribution in [3.8, 4) is 22.4 Å². The van der Waals surface area contributed by atoms with Gasteiger partial charge in [-0.25, -0.2) is 16.8 Å². The molecule has 3 N–H and O–H groups in total. The molecule has 9 rings (SSSR count). The molecule has 392 valence electrons. The molecular weight excluding hydrogens is 1030 g/mol. The van der Waals surface area contributed by atoms with Gasteiger partial charge in [-0.1, -0.05) is 54.1 Å². The Hall–Kier alpha value is -5.70. The lowest BCUT2D eigenvalue weighted by molar-refractivity contribution is -0.0435. The second-order valence-corrected chi connectivity index (χ2v) is 24.1. The van der Waals surface area contributed by atoms with Crippen molar-refractivity contribution in [1.29, 1.82) is 0 Å². The maximum Gasteiger partial charge on any atom is 0.501 e. The van der Waals surface area contributed by atoms with Crippen LogP contribution in [-0.4, -0.2) is 125 Å². The molecular formula is C54H59ClF3N7O6S3. The Morgan fingerprint density at radius 2 is 1.45 bits per heavy atom. The minimum absolute atomic E-state index is 0.0195. The number of carbonyl (C=O) groups is 1. The number of halogens is 4. The van der Waals surface area contributed by atoms with E-state index in [1.165, 1.54) is 11.8 Å². The number of anilines is 4. The largest absolute Gasteiger partial charge is 0.501 e. The van der Waals surface area contributed by atoms with E-state index in [0.29, 0.717) is 87.5 Å². The monoisotopic (exact) mass is 1090 g/mol. The molecule has 6 aromatic rings. The number of sulfonamides is 1. The summed E-state index contributed by atoms with van der Waals surface area (Å²) >= 11 is 7.75. The van der Waals surface area contributed by atoms with Crippen LogP contribution in [0.3, 0.4) is 0 Å². The van der Waals surface area contributed by atoms with Crippen molar-refractivity contribution < 1.29 is 39.9 Å². The summed E-state index contributed by atoms with van der Waals surface area (Å²) in [5.74, 6) is 0.393. The number of alkyl halides is 3. The highest BCUT2D eigenvalue weighted by molar-refractivity contribution is 7.99. The van der Waals surface area contributed by atoms with Crippen LogP contribution in [0.4, 0.5) is 35.9 Å². The van der Waals surface area contributed by atoms with Gasteiger partial charge < -0.3 is 34.6 Å². The standard InChI is InChI=1S/C54H59ClF3N7O6S3/c1-37-50(53(67)65-25-7-26-65)51(52(61(37)2)38-12-14-40(55)15-13-38)39-8-6-9-44(34-39)64-32-30-63(31-33-64)43-18-16-41(17-19-43)60-74(70,71)47-20-21-48(49(35-47)73(68,69)54(56,57)58)59-42(36-72-46-10-4-3-5-11-46)22-27-62-28-23-45(66)24-29-62/h3-6,8-21,34-35,42,45,59-60,66H,7,22-33,36H2,1-2H3. The quantitative estimate of drug-likeness (QED) is 0.0750. The number of piperazine rings is 1. The average Bonchev–Trinajstić information content (AvgIpc) is 3.64. The molecule has 3 aliphatic rings. The van der Waals surface area contributed by atoms with E-state index in [1.54, 1.807) is 24.3 Å². The van der Waals surface area contributed by atoms with Crippen LogP contribution in [0.5, 0.6) is 0 Å². The number of aliphatic hydroxyl groups is 1. The van der Waals surface area contributed by atoms with Crippen LogP contribution >= 0.6 is 23.4 Å². The van der Waals surface area contributed by atoms with Gasteiger partial charge in [0.2, 0.25) is 0 Å². The van der Waals surface area contributed by atoms with Crippen molar-refractivity contribution in [2.24, 2.45) is 7.05 Å². The summed E-state index contributed by atoms with van der Waals surface area (Å²) in [6.45, 7) is 7.90. The summed E-state index contributed by atoms with van der Waals surface area (Å²) in [5, 5.41) is 13.7. The van der Waals surface area contributed by atoms with Crippen LogP contribution in [0.25, 0.3) is 22.4 Å². The average molecular weight is 1090 g/mol. The zero-order valence-corrected chi connectivity index (χ0v) is 44.3. The predicted octanol–water partition coefficient (Wildman–Crippen LogP) is 10.0. The zero-order valence-electron chi connectivity index (χ0n) is 41.1. The van der Waals surface area contributed by atoms with Crippen molar-refractivity contribution in [1.82, 2.24) is 14.4 Å². The third-order valence-electron chi connectivity index (χ3n) is 14.2. The van der Waals surface area contributed by atoms with Crippen molar-refractivity contribution in [3.05, 3.63) is 138 Å². The van der Waals surface area contributed by atoms with E-state index >= 15 is 0 Å². The van der Waals surface area contributed by atoms with Crippen LogP contribution < -0.4 is 19.8 Å². The van der Waals surface area contributed by atoms with Crippen molar-refractivity contribution >= 4 is 71.9 Å². The number of carbonyl (C=O) groups excluding carboxylic acids is 1. The van der Waals surface area contributed by atoms with E-state index in [4.69, 9.17) is 11.6 Å². The summed E-state index contributed by atoms with van der Waals surface area (Å²) < 4.78 is 101. The molecule has 3 saturated heterocycles. The molecule has 3 fully saturated rings. The Balaban J connectivity index is 0.891. The van der Waals surface area contributed by atoms with E-state index in [1.807, 2.05) is 85.6 Å². The molecule has 13 nitrogen and oxygen atoms in total. The lowest BCUT2D eigenvalue weighted by Crippen LogP contribution is -2.46. The first-order chi connectivity index (χ1) is 35.4. The van der Waals surface area contributed by atoms with Crippen molar-refractivity contribution in [2.75, 3.05) is 84.5 Å². The molecule has 74 heavy (non-hydrogen) atoms. The normalized spacial score (nSPS) is 16.5. The second kappa shape index (κ2) is 22.3. The number of amides is 1. The van der Waals surface area contributed by atoms with Crippen molar-refractivity contribution in [2.45, 2.75) is 64.9 Å². The topological polar surface area (TPSA) is 148 Å². The lowest BCUT2D eigenvalue weighted by atomic mass is 9.95. The number of aromatic nitrogens is 1. The Labute approximate surface area is 440 Å². The van der Waals surface area contributed by atoms with E-state index in [2.05, 4.69) is 41.4 Å². The molecule has 1 unspecified atom stereocenters. The second-order valence-electron chi connectivity index (χ2n) is 19.0. The van der Waals surface area contributed by atoms with Crippen LogP contribution in [0.1, 0.15) is 41.7 Å². The summed E-state index contributed by atoms with van der Waals surface area (Å²) in [4.78, 5) is 21.6. The summed E-state index contributed by atoms with van der Waals surface area (Å²) in [7, 11) is -8.62. The van der Waals surface area contributed by atoms with Gasteiger partial charge in [0, 0.05) is 116 Å². The molecule has 20 heteroatoms. The number of rotatable bonds is 17.